The average molecular weight is 280 g/mol. The lowest BCUT2D eigenvalue weighted by atomic mass is 10.2. The van der Waals surface area contributed by atoms with Gasteiger partial charge in [0, 0.05) is 13.1 Å². The normalized spacial score (nSPS) is 11.7. The molecule has 0 aliphatic heterocycles. The van der Waals surface area contributed by atoms with Crippen LogP contribution in [-0.2, 0) is 0 Å². The predicted octanol–water partition coefficient (Wildman–Crippen LogP) is 1.71. The molecular weight excluding hydrogens is 260 g/mol. The summed E-state index contributed by atoms with van der Waals surface area (Å²) >= 11 is 1.30. The van der Waals surface area contributed by atoms with E-state index >= 15 is 0 Å². The van der Waals surface area contributed by atoms with Crippen LogP contribution in [0.5, 0.6) is 0 Å². The highest BCUT2D eigenvalue weighted by atomic mass is 32.1. The number of hydrogen-bond acceptors (Lipinski definition) is 5. The smallest absolute Gasteiger partial charge is 0.266 e. The summed E-state index contributed by atoms with van der Waals surface area (Å²) in [6.07, 6.45) is 6.01. The van der Waals surface area contributed by atoms with Crippen molar-refractivity contribution >= 4 is 28.2 Å². The number of hydrogen-bond donors (Lipinski definition) is 2. The fourth-order valence-electron chi connectivity index (χ4n) is 1.60. The number of amides is 1. The molecule has 0 aliphatic rings. The quantitative estimate of drug-likeness (QED) is 0.778. The number of nitrogen functional groups attached to an aromatic ring is 1. The van der Waals surface area contributed by atoms with Crippen LogP contribution >= 0.6 is 11.3 Å². The Hall–Kier alpha value is -1.74. The van der Waals surface area contributed by atoms with E-state index in [9.17, 15) is 4.79 Å². The Labute approximate surface area is 118 Å². The molecule has 0 bridgehead atoms. The molecule has 1 aromatic heterocycles. The second kappa shape index (κ2) is 7.00. The topological polar surface area (TPSA) is 71.2 Å². The zero-order chi connectivity index (χ0) is 14.4. The lowest BCUT2D eigenvalue weighted by Crippen LogP contribution is -2.33. The van der Waals surface area contributed by atoms with Gasteiger partial charge >= 0.3 is 0 Å². The number of aromatic nitrogens is 1. The van der Waals surface area contributed by atoms with Gasteiger partial charge in [0.1, 0.15) is 10.7 Å². The van der Waals surface area contributed by atoms with Gasteiger partial charge in [0.2, 0.25) is 0 Å². The van der Waals surface area contributed by atoms with Crippen LogP contribution in [-0.4, -0.2) is 30.0 Å². The summed E-state index contributed by atoms with van der Waals surface area (Å²) < 4.78 is 0. The maximum absolute atomic E-state index is 12.1. The summed E-state index contributed by atoms with van der Waals surface area (Å²) in [6.45, 7) is 7.64. The fourth-order valence-corrected chi connectivity index (χ4v) is 2.61. The molecule has 1 heterocycles. The van der Waals surface area contributed by atoms with Gasteiger partial charge in [0.05, 0.1) is 6.04 Å². The first-order chi connectivity index (χ1) is 9.07. The van der Waals surface area contributed by atoms with Crippen LogP contribution < -0.4 is 16.0 Å². The van der Waals surface area contributed by atoms with Crippen molar-refractivity contribution in [1.82, 2.24) is 10.3 Å². The van der Waals surface area contributed by atoms with Crippen molar-refractivity contribution in [3.05, 3.63) is 4.88 Å². The van der Waals surface area contributed by atoms with Gasteiger partial charge in [-0.05, 0) is 20.3 Å². The van der Waals surface area contributed by atoms with Crippen LogP contribution in [0.25, 0.3) is 0 Å². The lowest BCUT2D eigenvalue weighted by Gasteiger charge is -2.16. The fraction of sp³-hybridized carbons (Fsp3) is 0.538. The van der Waals surface area contributed by atoms with Crippen LogP contribution in [0.15, 0.2) is 0 Å². The van der Waals surface area contributed by atoms with Crippen LogP contribution in [0.3, 0.4) is 0 Å². The standard InChI is InChI=1S/C13H20N4OS/c1-5-9(6-2)15-12(18)10-11(14)16-13(19-10)17(7-3)8-4/h1,9H,6-8,14H2,2-4H3,(H,15,18). The van der Waals surface area contributed by atoms with Crippen LogP contribution in [0.2, 0.25) is 0 Å². The van der Waals surface area contributed by atoms with E-state index in [2.05, 4.69) is 21.1 Å². The van der Waals surface area contributed by atoms with Gasteiger partial charge in [-0.25, -0.2) is 4.98 Å². The SMILES string of the molecule is C#CC(CC)NC(=O)c1sc(N(CC)CC)nc1N. The van der Waals surface area contributed by atoms with E-state index in [1.54, 1.807) is 0 Å². The minimum absolute atomic E-state index is 0.252. The molecule has 104 valence electrons. The molecule has 5 nitrogen and oxygen atoms in total. The molecule has 0 radical (unpaired) electrons. The molecule has 0 fully saturated rings. The van der Waals surface area contributed by atoms with Gasteiger partial charge in [0.15, 0.2) is 5.13 Å². The number of thiazole rings is 1. The van der Waals surface area contributed by atoms with Crippen molar-refractivity contribution in [3.8, 4) is 12.3 Å². The Balaban J connectivity index is 2.90. The summed E-state index contributed by atoms with van der Waals surface area (Å²) in [5, 5.41) is 3.52. The first-order valence-corrected chi connectivity index (χ1v) is 7.17. The van der Waals surface area contributed by atoms with Crippen LogP contribution in [0.1, 0.15) is 36.9 Å². The Bertz CT molecular complexity index is 473. The van der Waals surface area contributed by atoms with Crippen LogP contribution in [0.4, 0.5) is 10.9 Å². The monoisotopic (exact) mass is 280 g/mol. The Morgan fingerprint density at radius 3 is 2.63 bits per heavy atom. The summed E-state index contributed by atoms with van der Waals surface area (Å²) in [5.41, 5.74) is 5.81. The van der Waals surface area contributed by atoms with E-state index in [1.807, 2.05) is 20.8 Å². The van der Waals surface area contributed by atoms with Gasteiger partial charge in [0.25, 0.3) is 5.91 Å². The molecular formula is C13H20N4OS. The molecule has 0 saturated heterocycles. The van der Waals surface area contributed by atoms with E-state index < -0.39 is 0 Å². The van der Waals surface area contributed by atoms with Crippen molar-refractivity contribution in [2.75, 3.05) is 23.7 Å². The highest BCUT2D eigenvalue weighted by Crippen LogP contribution is 2.27. The van der Waals surface area contributed by atoms with E-state index in [1.165, 1.54) is 11.3 Å². The Kier molecular flexibility index (Phi) is 5.64. The second-order valence-electron chi connectivity index (χ2n) is 3.98. The second-order valence-corrected chi connectivity index (χ2v) is 4.96. The van der Waals surface area contributed by atoms with E-state index in [0.29, 0.717) is 11.3 Å². The molecule has 3 N–H and O–H groups in total. The number of carbonyl (C=O) groups excluding carboxylic acids is 1. The van der Waals surface area contributed by atoms with Crippen molar-refractivity contribution in [2.24, 2.45) is 0 Å². The molecule has 1 rings (SSSR count). The average Bonchev–Trinajstić information content (AvgIpc) is 2.79. The number of nitrogens with zero attached hydrogens (tertiary/aromatic N) is 2. The predicted molar refractivity (Wildman–Crippen MR) is 80.5 cm³/mol. The molecule has 1 unspecified atom stereocenters. The summed E-state index contributed by atoms with van der Waals surface area (Å²) in [5.74, 6) is 2.53. The summed E-state index contributed by atoms with van der Waals surface area (Å²) in [6, 6.07) is -0.272. The molecule has 0 aliphatic carbocycles. The van der Waals surface area contributed by atoms with E-state index in [-0.39, 0.29) is 17.8 Å². The molecule has 1 atom stereocenters. The van der Waals surface area contributed by atoms with Gasteiger partial charge in [-0.1, -0.05) is 24.2 Å². The number of nitrogens with two attached hydrogens (primary N) is 1. The molecule has 0 spiro atoms. The third-order valence-corrected chi connectivity index (χ3v) is 3.93. The molecule has 6 heteroatoms. The number of nitrogens with one attached hydrogen (secondary N) is 1. The molecule has 0 aromatic carbocycles. The van der Waals surface area contributed by atoms with Gasteiger partial charge in [-0.15, -0.1) is 6.42 Å². The van der Waals surface area contributed by atoms with Crippen LogP contribution in [0, 0.1) is 12.3 Å². The Morgan fingerprint density at radius 1 is 1.53 bits per heavy atom. The Morgan fingerprint density at radius 2 is 2.16 bits per heavy atom. The minimum atomic E-state index is -0.272. The maximum Gasteiger partial charge on any atom is 0.266 e. The zero-order valence-corrected chi connectivity index (χ0v) is 12.4. The molecule has 19 heavy (non-hydrogen) atoms. The van der Waals surface area contributed by atoms with Gasteiger partial charge in [-0.3, -0.25) is 4.79 Å². The molecule has 1 aromatic rings. The van der Waals surface area contributed by atoms with Crippen molar-refractivity contribution in [3.63, 3.8) is 0 Å². The first kappa shape index (κ1) is 15.3. The van der Waals surface area contributed by atoms with E-state index in [4.69, 9.17) is 12.2 Å². The van der Waals surface area contributed by atoms with Gasteiger partial charge < -0.3 is 16.0 Å². The number of carbonyl (C=O) groups is 1. The third kappa shape index (κ3) is 3.61. The maximum atomic E-state index is 12.1. The largest absolute Gasteiger partial charge is 0.382 e. The number of terminal acetylenes is 1. The molecule has 1 amide bonds. The van der Waals surface area contributed by atoms with E-state index in [0.717, 1.165) is 18.2 Å². The first-order valence-electron chi connectivity index (χ1n) is 6.35. The lowest BCUT2D eigenvalue weighted by molar-refractivity contribution is 0.0950. The van der Waals surface area contributed by atoms with Crippen molar-refractivity contribution in [1.29, 1.82) is 0 Å². The van der Waals surface area contributed by atoms with Crippen molar-refractivity contribution in [2.45, 2.75) is 33.2 Å². The third-order valence-electron chi connectivity index (χ3n) is 2.80. The number of anilines is 2. The zero-order valence-electron chi connectivity index (χ0n) is 11.6. The summed E-state index contributed by atoms with van der Waals surface area (Å²) in [4.78, 5) is 18.8. The summed E-state index contributed by atoms with van der Waals surface area (Å²) in [7, 11) is 0. The minimum Gasteiger partial charge on any atom is -0.382 e. The highest BCUT2D eigenvalue weighted by molar-refractivity contribution is 7.18. The number of rotatable bonds is 6. The van der Waals surface area contributed by atoms with Gasteiger partial charge in [-0.2, -0.15) is 0 Å². The van der Waals surface area contributed by atoms with Crippen molar-refractivity contribution < 1.29 is 4.79 Å². The molecule has 0 saturated carbocycles. The highest BCUT2D eigenvalue weighted by Gasteiger charge is 2.19.